The van der Waals surface area contributed by atoms with Crippen LogP contribution in [0.25, 0.3) is 10.2 Å². The molecule has 1 aliphatic rings. The van der Waals surface area contributed by atoms with Crippen LogP contribution in [0.15, 0.2) is 30.6 Å². The number of benzene rings is 1. The Bertz CT molecular complexity index is 1010. The summed E-state index contributed by atoms with van der Waals surface area (Å²) in [6.07, 6.45) is 2.95. The van der Waals surface area contributed by atoms with Gasteiger partial charge in [-0.1, -0.05) is 22.9 Å². The number of carbonyl (C=O) groups excluding carboxylic acids is 1. The summed E-state index contributed by atoms with van der Waals surface area (Å²) < 4.78 is 29.2. The standard InChI is InChI=1S/C17H14ClF2N5OS/c18-14-13(21-5-6-22-14)17(20)3-7-25(8-4-17)16(26)24-15-23-11-9-10(19)1-2-12(11)27-15/h1-2,5-6,9H,3-4,7-8H2,(H,23,24,26). The topological polar surface area (TPSA) is 71.0 Å². The normalized spacial score (nSPS) is 16.5. The van der Waals surface area contributed by atoms with E-state index in [2.05, 4.69) is 20.3 Å². The quantitative estimate of drug-likeness (QED) is 0.682. The lowest BCUT2D eigenvalue weighted by Gasteiger charge is -2.35. The van der Waals surface area contributed by atoms with Gasteiger partial charge in [0, 0.05) is 44.4 Å². The van der Waals surface area contributed by atoms with E-state index >= 15 is 4.39 Å². The van der Waals surface area contributed by atoms with Gasteiger partial charge in [0.1, 0.15) is 11.5 Å². The van der Waals surface area contributed by atoms with Gasteiger partial charge in [0.15, 0.2) is 16.0 Å². The number of amides is 2. The molecular weight excluding hydrogens is 396 g/mol. The molecule has 3 heterocycles. The lowest BCUT2D eigenvalue weighted by molar-refractivity contribution is 0.0681. The summed E-state index contributed by atoms with van der Waals surface area (Å²) in [7, 11) is 0. The fraction of sp³-hybridized carbons (Fsp3) is 0.294. The van der Waals surface area contributed by atoms with Crippen LogP contribution in [-0.2, 0) is 5.67 Å². The van der Waals surface area contributed by atoms with Gasteiger partial charge in [0.2, 0.25) is 0 Å². The second-order valence-electron chi connectivity index (χ2n) is 6.21. The Hall–Kier alpha value is -2.39. The number of fused-ring (bicyclic) bond motifs is 1. The molecule has 10 heteroatoms. The minimum atomic E-state index is -1.71. The fourth-order valence-electron chi connectivity index (χ4n) is 3.05. The largest absolute Gasteiger partial charge is 0.324 e. The van der Waals surface area contributed by atoms with Crippen LogP contribution in [-0.4, -0.2) is 39.0 Å². The average Bonchev–Trinajstić information content (AvgIpc) is 3.03. The molecule has 1 N–H and O–H groups in total. The van der Waals surface area contributed by atoms with Crippen molar-refractivity contribution in [2.75, 3.05) is 18.4 Å². The average molecular weight is 410 g/mol. The third-order valence-corrected chi connectivity index (χ3v) is 5.71. The smallest absolute Gasteiger partial charge is 0.323 e. The van der Waals surface area contributed by atoms with Crippen molar-refractivity contribution in [1.29, 1.82) is 0 Å². The van der Waals surface area contributed by atoms with Gasteiger partial charge in [-0.3, -0.25) is 10.3 Å². The molecule has 2 aromatic heterocycles. The summed E-state index contributed by atoms with van der Waals surface area (Å²) in [5, 5.41) is 3.11. The zero-order chi connectivity index (χ0) is 19.0. The van der Waals surface area contributed by atoms with Crippen LogP contribution in [0, 0.1) is 5.82 Å². The molecule has 0 radical (unpaired) electrons. The molecule has 1 aliphatic heterocycles. The predicted octanol–water partition coefficient (Wildman–Crippen LogP) is 4.37. The monoisotopic (exact) mass is 409 g/mol. The lowest BCUT2D eigenvalue weighted by atomic mass is 9.90. The first kappa shape index (κ1) is 18.0. The molecule has 4 rings (SSSR count). The van der Waals surface area contributed by atoms with Gasteiger partial charge in [-0.2, -0.15) is 0 Å². The molecule has 1 aromatic carbocycles. The van der Waals surface area contributed by atoms with Gasteiger partial charge in [0.05, 0.1) is 10.2 Å². The molecule has 140 valence electrons. The highest BCUT2D eigenvalue weighted by Crippen LogP contribution is 2.38. The molecule has 27 heavy (non-hydrogen) atoms. The van der Waals surface area contributed by atoms with Crippen molar-refractivity contribution in [2.24, 2.45) is 0 Å². The van der Waals surface area contributed by atoms with Gasteiger partial charge < -0.3 is 4.90 Å². The summed E-state index contributed by atoms with van der Waals surface area (Å²) in [5.74, 6) is -0.385. The predicted molar refractivity (Wildman–Crippen MR) is 99.2 cm³/mol. The number of halogens is 3. The molecule has 3 aromatic rings. The van der Waals surface area contributed by atoms with Gasteiger partial charge in [-0.05, 0) is 12.1 Å². The number of piperidine rings is 1. The van der Waals surface area contributed by atoms with Gasteiger partial charge in [-0.15, -0.1) is 0 Å². The van der Waals surface area contributed by atoms with Crippen molar-refractivity contribution in [3.63, 3.8) is 0 Å². The van der Waals surface area contributed by atoms with E-state index in [0.717, 1.165) is 4.70 Å². The Morgan fingerprint density at radius 3 is 2.74 bits per heavy atom. The minimum Gasteiger partial charge on any atom is -0.324 e. The number of thiazole rings is 1. The van der Waals surface area contributed by atoms with E-state index < -0.39 is 5.67 Å². The number of hydrogen-bond donors (Lipinski definition) is 1. The summed E-state index contributed by atoms with van der Waals surface area (Å²) in [6.45, 7) is 0.406. The number of nitrogens with zero attached hydrogens (tertiary/aromatic N) is 4. The van der Waals surface area contributed by atoms with Gasteiger partial charge in [-0.25, -0.2) is 23.5 Å². The molecule has 0 aliphatic carbocycles. The van der Waals surface area contributed by atoms with Crippen LogP contribution in [0.2, 0.25) is 5.15 Å². The van der Waals surface area contributed by atoms with Crippen LogP contribution in [0.3, 0.4) is 0 Å². The van der Waals surface area contributed by atoms with E-state index in [1.165, 1.54) is 40.8 Å². The molecule has 0 saturated carbocycles. The van der Waals surface area contributed by atoms with Crippen molar-refractivity contribution in [2.45, 2.75) is 18.5 Å². The molecule has 0 spiro atoms. The second-order valence-corrected chi connectivity index (χ2v) is 7.60. The first-order valence-corrected chi connectivity index (χ1v) is 9.42. The minimum absolute atomic E-state index is 0.0413. The van der Waals surface area contributed by atoms with Crippen LogP contribution in [0.4, 0.5) is 18.7 Å². The summed E-state index contributed by atoms with van der Waals surface area (Å²) in [4.78, 5) is 26.1. The SMILES string of the molecule is O=C(Nc1nc2cc(F)ccc2s1)N1CCC(F)(c2nccnc2Cl)CC1. The molecule has 0 unspecified atom stereocenters. The van der Waals surface area contributed by atoms with Crippen molar-refractivity contribution in [1.82, 2.24) is 19.9 Å². The highest BCUT2D eigenvalue weighted by atomic mass is 35.5. The number of hydrogen-bond acceptors (Lipinski definition) is 5. The molecule has 1 fully saturated rings. The van der Waals surface area contributed by atoms with Crippen molar-refractivity contribution < 1.29 is 13.6 Å². The Kier molecular flexibility index (Phi) is 4.65. The van der Waals surface area contributed by atoms with Gasteiger partial charge in [0.25, 0.3) is 0 Å². The molecule has 0 bridgehead atoms. The lowest BCUT2D eigenvalue weighted by Crippen LogP contribution is -2.45. The van der Waals surface area contributed by atoms with Crippen LogP contribution in [0.1, 0.15) is 18.5 Å². The van der Waals surface area contributed by atoms with E-state index in [-0.39, 0.29) is 48.6 Å². The van der Waals surface area contributed by atoms with E-state index in [9.17, 15) is 9.18 Å². The first-order chi connectivity index (χ1) is 12.9. The Morgan fingerprint density at radius 1 is 1.26 bits per heavy atom. The highest BCUT2D eigenvalue weighted by Gasteiger charge is 2.40. The summed E-state index contributed by atoms with van der Waals surface area (Å²) in [6, 6.07) is 3.89. The van der Waals surface area contributed by atoms with Crippen LogP contribution >= 0.6 is 22.9 Å². The van der Waals surface area contributed by atoms with Crippen LogP contribution < -0.4 is 5.32 Å². The Balaban J connectivity index is 1.43. The molecular formula is C17H14ClF2N5OS. The number of nitrogens with one attached hydrogen (secondary N) is 1. The number of rotatable bonds is 2. The van der Waals surface area contributed by atoms with Crippen molar-refractivity contribution in [3.05, 3.63) is 47.3 Å². The maximum Gasteiger partial charge on any atom is 0.323 e. The first-order valence-electron chi connectivity index (χ1n) is 8.22. The van der Waals surface area contributed by atoms with Crippen molar-refractivity contribution in [3.8, 4) is 0 Å². The third kappa shape index (κ3) is 3.57. The van der Waals surface area contributed by atoms with E-state index in [4.69, 9.17) is 11.6 Å². The fourth-order valence-corrected chi connectivity index (χ4v) is 4.16. The highest BCUT2D eigenvalue weighted by molar-refractivity contribution is 7.22. The van der Waals surface area contributed by atoms with E-state index in [1.807, 2.05) is 0 Å². The van der Waals surface area contributed by atoms with Crippen molar-refractivity contribution >= 4 is 44.3 Å². The zero-order valence-corrected chi connectivity index (χ0v) is 15.5. The molecule has 2 amide bonds. The number of likely N-dealkylation sites (tertiary alicyclic amines) is 1. The summed E-state index contributed by atoms with van der Waals surface area (Å²) in [5.41, 5.74) is -1.12. The maximum absolute atomic E-state index is 15.2. The third-order valence-electron chi connectivity index (χ3n) is 4.48. The van der Waals surface area contributed by atoms with Crippen LogP contribution in [0.5, 0.6) is 0 Å². The number of carbonyl (C=O) groups is 1. The number of aromatic nitrogens is 3. The Labute approximate surface area is 162 Å². The van der Waals surface area contributed by atoms with E-state index in [0.29, 0.717) is 10.6 Å². The molecule has 6 nitrogen and oxygen atoms in total. The maximum atomic E-state index is 15.2. The number of anilines is 1. The Morgan fingerprint density at radius 2 is 2.00 bits per heavy atom. The number of alkyl halides is 1. The number of urea groups is 1. The van der Waals surface area contributed by atoms with Gasteiger partial charge >= 0.3 is 6.03 Å². The zero-order valence-electron chi connectivity index (χ0n) is 14.0. The molecule has 0 atom stereocenters. The second kappa shape index (κ2) is 6.97. The molecule has 1 saturated heterocycles. The summed E-state index contributed by atoms with van der Waals surface area (Å²) >= 11 is 7.21. The van der Waals surface area contributed by atoms with E-state index in [1.54, 1.807) is 6.07 Å².